The highest BCUT2D eigenvalue weighted by Crippen LogP contribution is 2.29. The van der Waals surface area contributed by atoms with Crippen molar-refractivity contribution >= 4 is 33.7 Å². The number of halogens is 1. The van der Waals surface area contributed by atoms with Gasteiger partial charge in [0.05, 0.1) is 0 Å². The molecule has 0 radical (unpaired) electrons. The first kappa shape index (κ1) is 17.9. The standard InChI is InChI=1S/C18H22BrN3O3/c1-2-20-8-9-21(18(25)17(20)24)12-16(23)22(15-6-7-15)11-13-4-3-5-14(19)10-13/h3-5,10,15H,2,6-9,11-12H2,1H3. The van der Waals surface area contributed by atoms with Crippen molar-refractivity contribution in [3.05, 3.63) is 34.3 Å². The monoisotopic (exact) mass is 407 g/mol. The van der Waals surface area contributed by atoms with Gasteiger partial charge in [-0.05, 0) is 37.5 Å². The second kappa shape index (κ2) is 7.56. The number of amides is 3. The molecule has 0 unspecified atom stereocenters. The molecular weight excluding hydrogens is 386 g/mol. The number of piperazine rings is 1. The van der Waals surface area contributed by atoms with Gasteiger partial charge in [-0.3, -0.25) is 14.4 Å². The van der Waals surface area contributed by atoms with Crippen molar-refractivity contribution in [3.8, 4) is 0 Å². The van der Waals surface area contributed by atoms with E-state index in [-0.39, 0.29) is 18.5 Å². The second-order valence-corrected chi connectivity index (χ2v) is 7.41. The molecule has 1 aliphatic heterocycles. The van der Waals surface area contributed by atoms with Crippen LogP contribution in [0.2, 0.25) is 0 Å². The summed E-state index contributed by atoms with van der Waals surface area (Å²) < 4.78 is 0.977. The first-order valence-electron chi connectivity index (χ1n) is 8.61. The number of hydrogen-bond donors (Lipinski definition) is 0. The number of likely N-dealkylation sites (N-methyl/N-ethyl adjacent to an activating group) is 1. The molecule has 0 aromatic heterocycles. The molecule has 2 fully saturated rings. The van der Waals surface area contributed by atoms with Gasteiger partial charge in [-0.1, -0.05) is 28.1 Å². The zero-order valence-electron chi connectivity index (χ0n) is 14.3. The van der Waals surface area contributed by atoms with Gasteiger partial charge >= 0.3 is 11.8 Å². The van der Waals surface area contributed by atoms with E-state index in [1.54, 1.807) is 0 Å². The summed E-state index contributed by atoms with van der Waals surface area (Å²) in [6.45, 7) is 3.78. The Balaban J connectivity index is 1.65. The molecule has 1 aromatic rings. The molecule has 25 heavy (non-hydrogen) atoms. The fourth-order valence-electron chi connectivity index (χ4n) is 3.06. The van der Waals surface area contributed by atoms with E-state index < -0.39 is 11.8 Å². The van der Waals surface area contributed by atoms with Crippen LogP contribution >= 0.6 is 15.9 Å². The predicted octanol–water partition coefficient (Wildman–Crippen LogP) is 1.63. The molecular formula is C18H22BrN3O3. The number of hydrogen-bond acceptors (Lipinski definition) is 3. The smallest absolute Gasteiger partial charge is 0.312 e. The lowest BCUT2D eigenvalue weighted by molar-refractivity contribution is -0.157. The van der Waals surface area contributed by atoms with Crippen LogP contribution in [0.25, 0.3) is 0 Å². The van der Waals surface area contributed by atoms with Crippen molar-refractivity contribution in [1.29, 1.82) is 0 Å². The molecule has 134 valence electrons. The summed E-state index contributed by atoms with van der Waals surface area (Å²) in [5.41, 5.74) is 1.05. The third-order valence-electron chi connectivity index (χ3n) is 4.65. The highest BCUT2D eigenvalue weighted by atomic mass is 79.9. The third-order valence-corrected chi connectivity index (χ3v) is 5.15. The van der Waals surface area contributed by atoms with Crippen LogP contribution in [0.3, 0.4) is 0 Å². The van der Waals surface area contributed by atoms with Gasteiger partial charge in [0.1, 0.15) is 6.54 Å². The van der Waals surface area contributed by atoms with Crippen LogP contribution in [-0.2, 0) is 20.9 Å². The van der Waals surface area contributed by atoms with E-state index in [1.807, 2.05) is 36.1 Å². The van der Waals surface area contributed by atoms with E-state index in [4.69, 9.17) is 0 Å². The minimum absolute atomic E-state index is 0.0212. The normalized spacial score (nSPS) is 17.8. The molecule has 3 rings (SSSR count). The number of rotatable bonds is 6. The van der Waals surface area contributed by atoms with E-state index >= 15 is 0 Å². The van der Waals surface area contributed by atoms with Crippen molar-refractivity contribution in [2.24, 2.45) is 0 Å². The van der Waals surface area contributed by atoms with E-state index in [2.05, 4.69) is 15.9 Å². The SMILES string of the molecule is CCN1CCN(CC(=O)N(Cc2cccc(Br)c2)C2CC2)C(=O)C1=O. The lowest BCUT2D eigenvalue weighted by Gasteiger charge is -2.34. The van der Waals surface area contributed by atoms with Gasteiger partial charge in [0.15, 0.2) is 0 Å². The number of carbonyl (C=O) groups is 3. The zero-order chi connectivity index (χ0) is 18.0. The Hall–Kier alpha value is -1.89. The third kappa shape index (κ3) is 4.21. The summed E-state index contributed by atoms with van der Waals surface area (Å²) in [5.74, 6) is -1.17. The molecule has 6 nitrogen and oxygen atoms in total. The van der Waals surface area contributed by atoms with Crippen molar-refractivity contribution in [2.75, 3.05) is 26.2 Å². The molecule has 1 saturated heterocycles. The fourth-order valence-corrected chi connectivity index (χ4v) is 3.51. The van der Waals surface area contributed by atoms with Gasteiger partial charge < -0.3 is 14.7 Å². The van der Waals surface area contributed by atoms with E-state index in [0.29, 0.717) is 26.2 Å². The summed E-state index contributed by atoms with van der Waals surface area (Å²) in [7, 11) is 0. The van der Waals surface area contributed by atoms with Crippen LogP contribution in [0.5, 0.6) is 0 Å². The molecule has 0 atom stereocenters. The molecule has 1 aliphatic carbocycles. The van der Waals surface area contributed by atoms with E-state index in [0.717, 1.165) is 22.9 Å². The predicted molar refractivity (Wildman–Crippen MR) is 96.5 cm³/mol. The van der Waals surface area contributed by atoms with Gasteiger partial charge in [0.2, 0.25) is 5.91 Å². The van der Waals surface area contributed by atoms with Crippen LogP contribution < -0.4 is 0 Å². The first-order chi connectivity index (χ1) is 12.0. The molecule has 1 heterocycles. The quantitative estimate of drug-likeness (QED) is 0.673. The summed E-state index contributed by atoms with van der Waals surface area (Å²) >= 11 is 3.45. The minimum Gasteiger partial charge on any atom is -0.334 e. The summed E-state index contributed by atoms with van der Waals surface area (Å²) in [5, 5.41) is 0. The van der Waals surface area contributed by atoms with Crippen LogP contribution in [0, 0.1) is 0 Å². The van der Waals surface area contributed by atoms with Gasteiger partial charge in [-0.2, -0.15) is 0 Å². The van der Waals surface area contributed by atoms with Crippen LogP contribution in [0.1, 0.15) is 25.3 Å². The molecule has 0 spiro atoms. The lowest BCUT2D eigenvalue weighted by atomic mass is 10.2. The Bertz CT molecular complexity index is 690. The molecule has 1 saturated carbocycles. The van der Waals surface area contributed by atoms with E-state index in [9.17, 15) is 14.4 Å². The van der Waals surface area contributed by atoms with Crippen molar-refractivity contribution < 1.29 is 14.4 Å². The Morgan fingerprint density at radius 3 is 2.52 bits per heavy atom. The second-order valence-electron chi connectivity index (χ2n) is 6.49. The molecule has 0 N–H and O–H groups in total. The Morgan fingerprint density at radius 2 is 1.88 bits per heavy atom. The van der Waals surface area contributed by atoms with Gasteiger partial charge in [-0.25, -0.2) is 0 Å². The summed E-state index contributed by atoms with van der Waals surface area (Å²) in [6, 6.07) is 8.12. The Kier molecular flexibility index (Phi) is 5.42. The van der Waals surface area contributed by atoms with Gasteiger partial charge in [-0.15, -0.1) is 0 Å². The number of nitrogens with zero attached hydrogens (tertiary/aromatic N) is 3. The topological polar surface area (TPSA) is 60.9 Å². The summed E-state index contributed by atoms with van der Waals surface area (Å²) in [4.78, 5) is 41.7. The molecule has 7 heteroatoms. The first-order valence-corrected chi connectivity index (χ1v) is 9.41. The van der Waals surface area contributed by atoms with Crippen molar-refractivity contribution in [2.45, 2.75) is 32.4 Å². The number of carbonyl (C=O) groups excluding carboxylic acids is 3. The summed E-state index contributed by atoms with van der Waals surface area (Å²) in [6.07, 6.45) is 1.99. The maximum atomic E-state index is 12.8. The number of benzene rings is 1. The fraction of sp³-hybridized carbons (Fsp3) is 0.500. The lowest BCUT2D eigenvalue weighted by Crippen LogP contribution is -2.56. The highest BCUT2D eigenvalue weighted by Gasteiger charge is 2.37. The van der Waals surface area contributed by atoms with Crippen LogP contribution in [-0.4, -0.2) is 64.6 Å². The molecule has 1 aromatic carbocycles. The molecule has 0 bridgehead atoms. The molecule has 2 aliphatic rings. The van der Waals surface area contributed by atoms with Crippen LogP contribution in [0.15, 0.2) is 28.7 Å². The zero-order valence-corrected chi connectivity index (χ0v) is 15.9. The van der Waals surface area contributed by atoms with Crippen molar-refractivity contribution in [3.63, 3.8) is 0 Å². The van der Waals surface area contributed by atoms with E-state index in [1.165, 1.54) is 9.80 Å². The maximum absolute atomic E-state index is 12.8. The average molecular weight is 408 g/mol. The average Bonchev–Trinajstić information content (AvgIpc) is 3.42. The van der Waals surface area contributed by atoms with Gasteiger partial charge in [0.25, 0.3) is 0 Å². The Labute approximate surface area is 155 Å². The maximum Gasteiger partial charge on any atom is 0.312 e. The highest BCUT2D eigenvalue weighted by molar-refractivity contribution is 9.10. The van der Waals surface area contributed by atoms with Gasteiger partial charge in [0, 0.05) is 36.7 Å². The van der Waals surface area contributed by atoms with Crippen LogP contribution in [0.4, 0.5) is 0 Å². The molecule has 3 amide bonds. The van der Waals surface area contributed by atoms with Crippen molar-refractivity contribution in [1.82, 2.24) is 14.7 Å². The minimum atomic E-state index is -0.570. The Morgan fingerprint density at radius 1 is 1.20 bits per heavy atom. The largest absolute Gasteiger partial charge is 0.334 e.